The first-order valence-electron chi connectivity index (χ1n) is 3.63. The molecule has 0 aliphatic heterocycles. The van der Waals surface area contributed by atoms with Crippen LogP contribution in [0.2, 0.25) is 0 Å². The number of phenolic OH excluding ortho intramolecular Hbond substituents is 1. The van der Waals surface area contributed by atoms with Crippen molar-refractivity contribution in [2.24, 2.45) is 5.90 Å². The fraction of sp³-hybridized carbons (Fsp3) is 0.250. The van der Waals surface area contributed by atoms with Gasteiger partial charge in [-0.3, -0.25) is 0 Å². The van der Waals surface area contributed by atoms with E-state index in [4.69, 9.17) is 11.0 Å². The molecule has 3 nitrogen and oxygen atoms in total. The Hall–Kier alpha value is -1.20. The molecular formula is C8H9F2NO2. The average Bonchev–Trinajstić information content (AvgIpc) is 2.09. The second-order valence-electron chi connectivity index (χ2n) is 2.52. The minimum atomic E-state index is -0.853. The summed E-state index contributed by atoms with van der Waals surface area (Å²) in [6.07, 6.45) is 0.166. The molecule has 0 saturated heterocycles. The highest BCUT2D eigenvalue weighted by Crippen LogP contribution is 2.20. The van der Waals surface area contributed by atoms with Gasteiger partial charge in [-0.1, -0.05) is 0 Å². The monoisotopic (exact) mass is 189 g/mol. The van der Waals surface area contributed by atoms with Gasteiger partial charge < -0.3 is 9.94 Å². The fourth-order valence-electron chi connectivity index (χ4n) is 0.938. The molecule has 1 rings (SSSR count). The highest BCUT2D eigenvalue weighted by molar-refractivity contribution is 5.29. The van der Waals surface area contributed by atoms with E-state index in [0.717, 1.165) is 12.1 Å². The van der Waals surface area contributed by atoms with Crippen LogP contribution in [0.5, 0.6) is 5.75 Å². The van der Waals surface area contributed by atoms with Crippen LogP contribution in [0.15, 0.2) is 12.1 Å². The summed E-state index contributed by atoms with van der Waals surface area (Å²) in [4.78, 5) is 4.22. The minimum absolute atomic E-state index is 0.0983. The molecule has 72 valence electrons. The number of hydrogen-bond donors (Lipinski definition) is 2. The van der Waals surface area contributed by atoms with E-state index in [1.807, 2.05) is 0 Å². The van der Waals surface area contributed by atoms with Crippen molar-refractivity contribution >= 4 is 0 Å². The van der Waals surface area contributed by atoms with E-state index in [1.165, 1.54) is 0 Å². The predicted octanol–water partition coefficient (Wildman–Crippen LogP) is 1.10. The van der Waals surface area contributed by atoms with Gasteiger partial charge in [-0.05, 0) is 11.6 Å². The first-order chi connectivity index (χ1) is 6.15. The van der Waals surface area contributed by atoms with Crippen molar-refractivity contribution < 1.29 is 18.7 Å². The van der Waals surface area contributed by atoms with Crippen LogP contribution >= 0.6 is 0 Å². The normalized spacial score (nSPS) is 10.4. The fourth-order valence-corrected chi connectivity index (χ4v) is 0.938. The molecule has 5 heteroatoms. The molecular weight excluding hydrogens is 180 g/mol. The Balaban J connectivity index is 2.88. The van der Waals surface area contributed by atoms with Gasteiger partial charge >= 0.3 is 0 Å². The third kappa shape index (κ3) is 2.37. The molecule has 0 spiro atoms. The molecule has 1 aromatic rings. The Morgan fingerprint density at radius 2 is 2.00 bits per heavy atom. The zero-order valence-electron chi connectivity index (χ0n) is 6.76. The number of halogens is 2. The summed E-state index contributed by atoms with van der Waals surface area (Å²) in [6, 6.07) is 1.64. The standard InChI is InChI=1S/C8H9F2NO2/c9-6-4-8(12)7(10)3-5(6)1-2-13-11/h3-4,12H,1-2,11H2. The van der Waals surface area contributed by atoms with Crippen molar-refractivity contribution in [3.05, 3.63) is 29.3 Å². The highest BCUT2D eigenvalue weighted by atomic mass is 19.1. The SMILES string of the molecule is NOCCc1cc(F)c(O)cc1F. The molecule has 3 N–H and O–H groups in total. The lowest BCUT2D eigenvalue weighted by Gasteiger charge is -2.03. The van der Waals surface area contributed by atoms with E-state index in [0.29, 0.717) is 0 Å². The maximum atomic E-state index is 12.9. The number of benzene rings is 1. The Kier molecular flexibility index (Phi) is 3.16. The maximum absolute atomic E-state index is 12.9. The van der Waals surface area contributed by atoms with Crippen molar-refractivity contribution in [1.29, 1.82) is 0 Å². The Bertz CT molecular complexity index is 304. The molecule has 0 heterocycles. The first kappa shape index (κ1) is 9.88. The van der Waals surface area contributed by atoms with Crippen LogP contribution in [0, 0.1) is 11.6 Å². The zero-order chi connectivity index (χ0) is 9.84. The Labute approximate surface area is 73.7 Å². The van der Waals surface area contributed by atoms with Crippen molar-refractivity contribution in [2.75, 3.05) is 6.61 Å². The molecule has 0 fully saturated rings. The van der Waals surface area contributed by atoms with Gasteiger partial charge in [-0.15, -0.1) is 0 Å². The topological polar surface area (TPSA) is 55.5 Å². The van der Waals surface area contributed by atoms with Crippen LogP contribution in [-0.2, 0) is 11.3 Å². The molecule has 0 aliphatic rings. The number of hydrogen-bond acceptors (Lipinski definition) is 3. The molecule has 0 radical (unpaired) electrons. The van der Waals surface area contributed by atoms with Gasteiger partial charge in [0.2, 0.25) is 0 Å². The van der Waals surface area contributed by atoms with E-state index in [2.05, 4.69) is 4.84 Å². The Morgan fingerprint density at radius 1 is 1.31 bits per heavy atom. The number of nitrogens with two attached hydrogens (primary N) is 1. The van der Waals surface area contributed by atoms with Gasteiger partial charge in [0, 0.05) is 12.5 Å². The van der Waals surface area contributed by atoms with Crippen molar-refractivity contribution in [2.45, 2.75) is 6.42 Å². The van der Waals surface area contributed by atoms with Gasteiger partial charge in [0.05, 0.1) is 6.61 Å². The smallest absolute Gasteiger partial charge is 0.165 e. The van der Waals surface area contributed by atoms with E-state index in [9.17, 15) is 8.78 Å². The molecule has 0 bridgehead atoms. The second-order valence-corrected chi connectivity index (χ2v) is 2.52. The van der Waals surface area contributed by atoms with Gasteiger partial charge in [0.1, 0.15) is 5.82 Å². The molecule has 13 heavy (non-hydrogen) atoms. The van der Waals surface area contributed by atoms with E-state index in [-0.39, 0.29) is 18.6 Å². The summed E-state index contributed by atoms with van der Waals surface area (Å²) < 4.78 is 25.6. The first-order valence-corrected chi connectivity index (χ1v) is 3.63. The predicted molar refractivity (Wildman–Crippen MR) is 41.9 cm³/mol. The molecule has 1 aromatic carbocycles. The summed E-state index contributed by atoms with van der Waals surface area (Å²) in [5, 5.41) is 8.78. The second kappa shape index (κ2) is 4.15. The molecule has 0 atom stereocenters. The summed E-state index contributed by atoms with van der Waals surface area (Å²) in [7, 11) is 0. The lowest BCUT2D eigenvalue weighted by Crippen LogP contribution is -2.05. The van der Waals surface area contributed by atoms with E-state index < -0.39 is 17.4 Å². The molecule has 0 saturated carbocycles. The van der Waals surface area contributed by atoms with E-state index >= 15 is 0 Å². The summed E-state index contributed by atoms with van der Waals surface area (Å²) in [6.45, 7) is 0.0983. The lowest BCUT2D eigenvalue weighted by atomic mass is 10.1. The third-order valence-corrected chi connectivity index (χ3v) is 1.61. The summed E-state index contributed by atoms with van der Waals surface area (Å²) in [5.74, 6) is 2.51. The van der Waals surface area contributed by atoms with Crippen LogP contribution in [0.4, 0.5) is 8.78 Å². The number of aromatic hydroxyl groups is 1. The van der Waals surface area contributed by atoms with Crippen LogP contribution in [0.25, 0.3) is 0 Å². The molecule has 0 amide bonds. The van der Waals surface area contributed by atoms with E-state index in [1.54, 1.807) is 0 Å². The molecule has 0 aromatic heterocycles. The average molecular weight is 189 g/mol. The maximum Gasteiger partial charge on any atom is 0.165 e. The molecule has 0 aliphatic carbocycles. The van der Waals surface area contributed by atoms with Crippen molar-refractivity contribution in [1.82, 2.24) is 0 Å². The minimum Gasteiger partial charge on any atom is -0.505 e. The molecule has 0 unspecified atom stereocenters. The van der Waals surface area contributed by atoms with Crippen molar-refractivity contribution in [3.63, 3.8) is 0 Å². The van der Waals surface area contributed by atoms with Gasteiger partial charge in [0.15, 0.2) is 11.6 Å². The Morgan fingerprint density at radius 3 is 2.62 bits per heavy atom. The van der Waals surface area contributed by atoms with Crippen LogP contribution in [-0.4, -0.2) is 11.7 Å². The van der Waals surface area contributed by atoms with Crippen LogP contribution in [0.3, 0.4) is 0 Å². The largest absolute Gasteiger partial charge is 0.505 e. The van der Waals surface area contributed by atoms with Crippen LogP contribution < -0.4 is 5.90 Å². The van der Waals surface area contributed by atoms with Crippen LogP contribution in [0.1, 0.15) is 5.56 Å². The van der Waals surface area contributed by atoms with Crippen molar-refractivity contribution in [3.8, 4) is 5.75 Å². The third-order valence-electron chi connectivity index (χ3n) is 1.61. The number of phenols is 1. The number of rotatable bonds is 3. The van der Waals surface area contributed by atoms with Gasteiger partial charge in [0.25, 0.3) is 0 Å². The lowest BCUT2D eigenvalue weighted by molar-refractivity contribution is 0.140. The highest BCUT2D eigenvalue weighted by Gasteiger charge is 2.08. The van der Waals surface area contributed by atoms with Gasteiger partial charge in [-0.25, -0.2) is 14.7 Å². The summed E-state index contributed by atoms with van der Waals surface area (Å²) in [5.41, 5.74) is 0.126. The summed E-state index contributed by atoms with van der Waals surface area (Å²) >= 11 is 0. The van der Waals surface area contributed by atoms with Gasteiger partial charge in [-0.2, -0.15) is 0 Å². The zero-order valence-corrected chi connectivity index (χ0v) is 6.76. The quantitative estimate of drug-likeness (QED) is 0.700.